The van der Waals surface area contributed by atoms with Crippen LogP contribution in [-0.2, 0) is 14.3 Å². The van der Waals surface area contributed by atoms with Crippen LogP contribution in [0.25, 0.3) is 0 Å². The molecular weight excluding hydrogens is 318 g/mol. The molecule has 1 amide bonds. The van der Waals surface area contributed by atoms with E-state index in [2.05, 4.69) is 10.1 Å². The highest BCUT2D eigenvalue weighted by molar-refractivity contribution is 5.96. The fraction of sp³-hybridized carbons (Fsp3) is 0.467. The number of amides is 1. The van der Waals surface area contributed by atoms with Gasteiger partial charge in [0.2, 0.25) is 0 Å². The summed E-state index contributed by atoms with van der Waals surface area (Å²) >= 11 is 0. The maximum atomic E-state index is 12.1. The molecule has 2 rings (SSSR count). The fourth-order valence-corrected chi connectivity index (χ4v) is 2.36. The van der Waals surface area contributed by atoms with Crippen LogP contribution in [0.1, 0.15) is 16.8 Å². The van der Waals surface area contributed by atoms with Crippen molar-refractivity contribution < 1.29 is 24.0 Å². The molecule has 1 aromatic rings. The molecule has 1 aliphatic rings. The first-order valence-corrected chi connectivity index (χ1v) is 7.49. The average molecular weight is 337 g/mol. The second kappa shape index (κ2) is 8.25. The number of esters is 1. The van der Waals surface area contributed by atoms with E-state index in [0.29, 0.717) is 32.0 Å². The summed E-state index contributed by atoms with van der Waals surface area (Å²) in [6, 6.07) is 4.35. The minimum atomic E-state index is -0.504. The van der Waals surface area contributed by atoms with E-state index in [1.54, 1.807) is 6.07 Å². The number of rotatable bonds is 6. The first-order valence-electron chi connectivity index (χ1n) is 7.49. The third-order valence-electron chi connectivity index (χ3n) is 3.63. The zero-order chi connectivity index (χ0) is 17.5. The number of methoxy groups -OCH3 is 1. The summed E-state index contributed by atoms with van der Waals surface area (Å²) < 4.78 is 9.72. The van der Waals surface area contributed by atoms with E-state index < -0.39 is 16.8 Å². The Morgan fingerprint density at radius 2 is 2.08 bits per heavy atom. The monoisotopic (exact) mass is 337 g/mol. The summed E-state index contributed by atoms with van der Waals surface area (Å²) in [5.41, 5.74) is 0.510. The van der Waals surface area contributed by atoms with Gasteiger partial charge in [0.15, 0.2) is 0 Å². The number of hydrogen-bond acceptors (Lipinski definition) is 7. The van der Waals surface area contributed by atoms with Crippen LogP contribution in [-0.4, -0.2) is 56.8 Å². The first-order chi connectivity index (χ1) is 11.5. The molecule has 0 aliphatic carbocycles. The second-order valence-corrected chi connectivity index (χ2v) is 5.14. The quantitative estimate of drug-likeness (QED) is 0.462. The van der Waals surface area contributed by atoms with Gasteiger partial charge in [0.05, 0.1) is 31.7 Å². The molecule has 0 bridgehead atoms. The number of carbonyl (C=O) groups excluding carboxylic acids is 2. The van der Waals surface area contributed by atoms with Crippen molar-refractivity contribution in [2.45, 2.75) is 6.42 Å². The van der Waals surface area contributed by atoms with Crippen LogP contribution in [0.5, 0.6) is 0 Å². The summed E-state index contributed by atoms with van der Waals surface area (Å²) in [4.78, 5) is 35.8. The van der Waals surface area contributed by atoms with Crippen LogP contribution in [0.4, 0.5) is 11.4 Å². The lowest BCUT2D eigenvalue weighted by atomic mass is 10.1. The Kier molecular flexibility index (Phi) is 6.07. The highest BCUT2D eigenvalue weighted by atomic mass is 16.6. The second-order valence-electron chi connectivity index (χ2n) is 5.14. The molecule has 1 aromatic carbocycles. The third kappa shape index (κ3) is 4.42. The fourth-order valence-electron chi connectivity index (χ4n) is 2.36. The minimum Gasteiger partial charge on any atom is -0.469 e. The van der Waals surface area contributed by atoms with Gasteiger partial charge in [-0.3, -0.25) is 19.7 Å². The average Bonchev–Trinajstić information content (AvgIpc) is 2.61. The lowest BCUT2D eigenvalue weighted by Gasteiger charge is -2.28. The molecule has 0 saturated carbocycles. The van der Waals surface area contributed by atoms with Gasteiger partial charge >= 0.3 is 5.97 Å². The SMILES string of the molecule is COC(=O)CCNC(=O)c1ccc(N2CCOCC2)c([N+](=O)[O-])c1. The molecule has 24 heavy (non-hydrogen) atoms. The maximum Gasteiger partial charge on any atom is 0.307 e. The van der Waals surface area contributed by atoms with Crippen LogP contribution >= 0.6 is 0 Å². The predicted molar refractivity (Wildman–Crippen MR) is 85.1 cm³/mol. The van der Waals surface area contributed by atoms with E-state index in [-0.39, 0.29) is 24.2 Å². The number of carbonyl (C=O) groups is 2. The summed E-state index contributed by atoms with van der Waals surface area (Å²) in [7, 11) is 1.26. The Labute approximate surface area is 138 Å². The maximum absolute atomic E-state index is 12.1. The summed E-state index contributed by atoms with van der Waals surface area (Å²) in [6.07, 6.45) is 0.0379. The van der Waals surface area contributed by atoms with Gasteiger partial charge in [-0.05, 0) is 12.1 Å². The van der Waals surface area contributed by atoms with Gasteiger partial charge in [-0.25, -0.2) is 0 Å². The third-order valence-corrected chi connectivity index (χ3v) is 3.63. The van der Waals surface area contributed by atoms with Gasteiger partial charge in [0.25, 0.3) is 11.6 Å². The predicted octanol–water partition coefficient (Wildman–Crippen LogP) is 0.724. The van der Waals surface area contributed by atoms with Crippen molar-refractivity contribution in [3.05, 3.63) is 33.9 Å². The molecule has 1 N–H and O–H groups in total. The number of nitro benzene ring substituents is 1. The highest BCUT2D eigenvalue weighted by Crippen LogP contribution is 2.29. The van der Waals surface area contributed by atoms with E-state index in [0.717, 1.165) is 0 Å². The van der Waals surface area contributed by atoms with Crippen molar-refractivity contribution in [1.29, 1.82) is 0 Å². The summed E-state index contributed by atoms with van der Waals surface area (Å²) in [6.45, 7) is 2.24. The number of ether oxygens (including phenoxy) is 2. The topological polar surface area (TPSA) is 111 Å². The summed E-state index contributed by atoms with van der Waals surface area (Å²) in [5, 5.41) is 13.9. The molecule has 1 saturated heterocycles. The molecule has 0 unspecified atom stereocenters. The number of benzene rings is 1. The molecule has 1 heterocycles. The minimum absolute atomic E-state index is 0.0379. The van der Waals surface area contributed by atoms with Crippen LogP contribution in [0.15, 0.2) is 18.2 Å². The molecule has 1 fully saturated rings. The number of hydrogen-bond donors (Lipinski definition) is 1. The molecule has 0 atom stereocenters. The Hall–Kier alpha value is -2.68. The van der Waals surface area contributed by atoms with Crippen LogP contribution in [0, 0.1) is 10.1 Å². The number of nitrogens with zero attached hydrogens (tertiary/aromatic N) is 2. The van der Waals surface area contributed by atoms with Gasteiger partial charge in [-0.15, -0.1) is 0 Å². The van der Waals surface area contributed by atoms with E-state index >= 15 is 0 Å². The molecule has 0 aromatic heterocycles. The molecule has 0 radical (unpaired) electrons. The van der Waals surface area contributed by atoms with Crippen molar-refractivity contribution in [3.8, 4) is 0 Å². The van der Waals surface area contributed by atoms with E-state index in [1.165, 1.54) is 19.2 Å². The Bertz CT molecular complexity index is 628. The van der Waals surface area contributed by atoms with Crippen LogP contribution in [0.2, 0.25) is 0 Å². The molecule has 9 heteroatoms. The molecule has 130 valence electrons. The number of nitro groups is 1. The van der Waals surface area contributed by atoms with Gasteiger partial charge in [-0.1, -0.05) is 0 Å². The highest BCUT2D eigenvalue weighted by Gasteiger charge is 2.23. The molecule has 9 nitrogen and oxygen atoms in total. The first kappa shape index (κ1) is 17.7. The zero-order valence-electron chi connectivity index (χ0n) is 13.3. The van der Waals surface area contributed by atoms with Crippen molar-refractivity contribution in [3.63, 3.8) is 0 Å². The lowest BCUT2D eigenvalue weighted by Crippen LogP contribution is -2.36. The van der Waals surface area contributed by atoms with E-state index in [4.69, 9.17) is 4.74 Å². The van der Waals surface area contributed by atoms with Gasteiger partial charge < -0.3 is 19.7 Å². The van der Waals surface area contributed by atoms with Crippen molar-refractivity contribution in [2.24, 2.45) is 0 Å². The summed E-state index contributed by atoms with van der Waals surface area (Å²) in [5.74, 6) is -0.917. The van der Waals surface area contributed by atoms with Crippen LogP contribution in [0.3, 0.4) is 0 Å². The largest absolute Gasteiger partial charge is 0.469 e. The normalized spacial score (nSPS) is 14.1. The smallest absolute Gasteiger partial charge is 0.307 e. The number of nitrogens with one attached hydrogen (secondary N) is 1. The van der Waals surface area contributed by atoms with Gasteiger partial charge in [0.1, 0.15) is 5.69 Å². The number of morpholine rings is 1. The zero-order valence-corrected chi connectivity index (χ0v) is 13.3. The number of anilines is 1. The van der Waals surface area contributed by atoms with E-state index in [1.807, 2.05) is 4.90 Å². The molecule has 1 aliphatic heterocycles. The van der Waals surface area contributed by atoms with Crippen molar-refractivity contribution in [1.82, 2.24) is 5.32 Å². The molecule has 0 spiro atoms. The van der Waals surface area contributed by atoms with Crippen molar-refractivity contribution >= 4 is 23.3 Å². The van der Waals surface area contributed by atoms with Crippen molar-refractivity contribution in [2.75, 3.05) is 44.9 Å². The molecular formula is C15H19N3O6. The van der Waals surface area contributed by atoms with Gasteiger partial charge in [-0.2, -0.15) is 0 Å². The lowest BCUT2D eigenvalue weighted by molar-refractivity contribution is -0.384. The Morgan fingerprint density at radius 1 is 1.38 bits per heavy atom. The van der Waals surface area contributed by atoms with Crippen LogP contribution < -0.4 is 10.2 Å². The standard InChI is InChI=1S/C15H19N3O6/c1-23-14(19)4-5-16-15(20)11-2-3-12(13(10-11)18(21)22)17-6-8-24-9-7-17/h2-3,10H,4-9H2,1H3,(H,16,20). The van der Waals surface area contributed by atoms with Gasteiger partial charge in [0, 0.05) is 31.3 Å². The van der Waals surface area contributed by atoms with E-state index in [9.17, 15) is 19.7 Å². The Balaban J connectivity index is 2.11. The Morgan fingerprint density at radius 3 is 2.71 bits per heavy atom.